The van der Waals surface area contributed by atoms with Crippen LogP contribution in [-0.4, -0.2) is 70.8 Å². The molecule has 1 amide bonds. The summed E-state index contributed by atoms with van der Waals surface area (Å²) in [5, 5.41) is 9.40. The van der Waals surface area contributed by atoms with E-state index in [9.17, 15) is 4.79 Å². The predicted molar refractivity (Wildman–Crippen MR) is 107 cm³/mol. The molecule has 26 heavy (non-hydrogen) atoms. The number of likely N-dealkylation sites (N-methyl/N-ethyl adjacent to an activating group) is 1. The number of rotatable bonds is 11. The molecule has 0 unspecified atom stereocenters. The van der Waals surface area contributed by atoms with E-state index in [1.54, 1.807) is 14.2 Å². The molecule has 0 spiro atoms. The van der Waals surface area contributed by atoms with Gasteiger partial charge in [0, 0.05) is 59.1 Å². The molecular weight excluding hydrogens is 330 g/mol. The van der Waals surface area contributed by atoms with Crippen LogP contribution in [0.4, 0.5) is 0 Å². The van der Waals surface area contributed by atoms with Gasteiger partial charge in [0.15, 0.2) is 5.96 Å². The normalized spacial score (nSPS) is 11.5. The van der Waals surface area contributed by atoms with Gasteiger partial charge in [0.1, 0.15) is 0 Å². The Labute approximate surface area is 157 Å². The number of aliphatic imine (C=N–C) groups is 1. The largest absolute Gasteiger partial charge is 0.385 e. The molecule has 7 heteroatoms. The minimum absolute atomic E-state index is 0.0478. The molecular formula is C19H33N5O2. The van der Waals surface area contributed by atoms with Crippen LogP contribution < -0.4 is 16.0 Å². The Bertz CT molecular complexity index is 563. The molecule has 0 fully saturated rings. The van der Waals surface area contributed by atoms with Crippen LogP contribution in [0.3, 0.4) is 0 Å². The number of carbonyl (C=O) groups is 1. The SMILES string of the molecule is CCNC(=O)c1cccc(CNC(=NC)NCCN(C)CCCOC)c1. The fraction of sp³-hybridized carbons (Fsp3) is 0.579. The van der Waals surface area contributed by atoms with Crippen LogP contribution in [0.25, 0.3) is 0 Å². The Morgan fingerprint density at radius 2 is 2.04 bits per heavy atom. The molecule has 1 aromatic rings. The number of nitrogens with one attached hydrogen (secondary N) is 3. The molecule has 3 N–H and O–H groups in total. The van der Waals surface area contributed by atoms with Crippen molar-refractivity contribution in [2.24, 2.45) is 4.99 Å². The molecule has 0 atom stereocenters. The van der Waals surface area contributed by atoms with Crippen LogP contribution in [-0.2, 0) is 11.3 Å². The molecule has 0 aliphatic carbocycles. The van der Waals surface area contributed by atoms with Crippen molar-refractivity contribution in [3.8, 4) is 0 Å². The lowest BCUT2D eigenvalue weighted by Gasteiger charge is -2.18. The van der Waals surface area contributed by atoms with Gasteiger partial charge >= 0.3 is 0 Å². The number of benzene rings is 1. The summed E-state index contributed by atoms with van der Waals surface area (Å²) in [7, 11) is 5.58. The summed E-state index contributed by atoms with van der Waals surface area (Å²) in [6.07, 6.45) is 1.03. The lowest BCUT2D eigenvalue weighted by Crippen LogP contribution is -2.40. The van der Waals surface area contributed by atoms with Gasteiger partial charge in [-0.1, -0.05) is 12.1 Å². The first-order valence-electron chi connectivity index (χ1n) is 9.09. The highest BCUT2D eigenvalue weighted by Crippen LogP contribution is 2.05. The highest BCUT2D eigenvalue weighted by atomic mass is 16.5. The van der Waals surface area contributed by atoms with Crippen molar-refractivity contribution in [1.29, 1.82) is 0 Å². The molecule has 0 aliphatic heterocycles. The zero-order valence-corrected chi connectivity index (χ0v) is 16.5. The zero-order chi connectivity index (χ0) is 19.2. The molecule has 0 radical (unpaired) electrons. The van der Waals surface area contributed by atoms with Crippen molar-refractivity contribution in [2.45, 2.75) is 19.9 Å². The third kappa shape index (κ3) is 8.82. The third-order valence-electron chi connectivity index (χ3n) is 3.88. The topological polar surface area (TPSA) is 78.0 Å². The second-order valence-corrected chi connectivity index (χ2v) is 6.06. The minimum atomic E-state index is -0.0478. The molecule has 146 valence electrons. The van der Waals surface area contributed by atoms with E-state index < -0.39 is 0 Å². The fourth-order valence-electron chi connectivity index (χ4n) is 2.45. The first-order valence-corrected chi connectivity index (χ1v) is 9.09. The van der Waals surface area contributed by atoms with Gasteiger partial charge in [-0.3, -0.25) is 9.79 Å². The highest BCUT2D eigenvalue weighted by molar-refractivity contribution is 5.94. The fourth-order valence-corrected chi connectivity index (χ4v) is 2.45. The van der Waals surface area contributed by atoms with Crippen LogP contribution >= 0.6 is 0 Å². The number of ether oxygens (including phenoxy) is 1. The maximum Gasteiger partial charge on any atom is 0.251 e. The molecule has 7 nitrogen and oxygen atoms in total. The van der Waals surface area contributed by atoms with Crippen LogP contribution in [0.5, 0.6) is 0 Å². The van der Waals surface area contributed by atoms with Crippen molar-refractivity contribution >= 4 is 11.9 Å². The average Bonchev–Trinajstić information content (AvgIpc) is 2.65. The van der Waals surface area contributed by atoms with E-state index in [1.807, 2.05) is 31.2 Å². The summed E-state index contributed by atoms with van der Waals surface area (Å²) in [5.41, 5.74) is 1.71. The summed E-state index contributed by atoms with van der Waals surface area (Å²) in [4.78, 5) is 18.4. The lowest BCUT2D eigenvalue weighted by molar-refractivity contribution is 0.0955. The standard InChI is InChI=1S/C19H33N5O2/c1-5-21-18(25)17-9-6-8-16(14-17)15-23-19(20-2)22-10-12-24(3)11-7-13-26-4/h6,8-9,14H,5,7,10-13,15H2,1-4H3,(H,21,25)(H2,20,22,23). The molecule has 0 aliphatic rings. The number of amides is 1. The Balaban J connectivity index is 2.38. The number of carbonyl (C=O) groups excluding carboxylic acids is 1. The Morgan fingerprint density at radius 1 is 1.23 bits per heavy atom. The van der Waals surface area contributed by atoms with Gasteiger partial charge in [-0.15, -0.1) is 0 Å². The maximum absolute atomic E-state index is 11.9. The van der Waals surface area contributed by atoms with Crippen molar-refractivity contribution in [1.82, 2.24) is 20.9 Å². The van der Waals surface area contributed by atoms with Gasteiger partial charge in [0.2, 0.25) is 0 Å². The summed E-state index contributed by atoms with van der Waals surface area (Å²) >= 11 is 0. The van der Waals surface area contributed by atoms with Gasteiger partial charge in [-0.05, 0) is 38.1 Å². The quantitative estimate of drug-likeness (QED) is 0.311. The Morgan fingerprint density at radius 3 is 2.73 bits per heavy atom. The number of methoxy groups -OCH3 is 1. The molecule has 0 saturated heterocycles. The lowest BCUT2D eigenvalue weighted by atomic mass is 10.1. The molecule has 0 saturated carbocycles. The van der Waals surface area contributed by atoms with Crippen LogP contribution in [0.15, 0.2) is 29.3 Å². The number of nitrogens with zero attached hydrogens (tertiary/aromatic N) is 2. The van der Waals surface area contributed by atoms with Gasteiger partial charge in [-0.2, -0.15) is 0 Å². The minimum Gasteiger partial charge on any atom is -0.385 e. The van der Waals surface area contributed by atoms with Gasteiger partial charge in [0.25, 0.3) is 5.91 Å². The van der Waals surface area contributed by atoms with E-state index in [0.717, 1.165) is 44.2 Å². The summed E-state index contributed by atoms with van der Waals surface area (Å²) in [6, 6.07) is 7.61. The van der Waals surface area contributed by atoms with E-state index in [-0.39, 0.29) is 5.91 Å². The van der Waals surface area contributed by atoms with E-state index in [2.05, 4.69) is 32.9 Å². The van der Waals surface area contributed by atoms with E-state index in [4.69, 9.17) is 4.74 Å². The summed E-state index contributed by atoms with van der Waals surface area (Å²) in [6.45, 7) is 6.67. The van der Waals surface area contributed by atoms with Crippen molar-refractivity contribution in [3.63, 3.8) is 0 Å². The van der Waals surface area contributed by atoms with E-state index >= 15 is 0 Å². The second kappa shape index (κ2) is 13.1. The molecule has 1 rings (SSSR count). The van der Waals surface area contributed by atoms with Crippen LogP contribution in [0, 0.1) is 0 Å². The predicted octanol–water partition coefficient (Wildman–Crippen LogP) is 1.07. The summed E-state index contributed by atoms with van der Waals surface area (Å²) < 4.78 is 5.07. The summed E-state index contributed by atoms with van der Waals surface area (Å²) in [5.74, 6) is 0.701. The van der Waals surface area contributed by atoms with Gasteiger partial charge in [-0.25, -0.2) is 0 Å². The first kappa shape index (κ1) is 21.9. The second-order valence-electron chi connectivity index (χ2n) is 6.06. The Hall–Kier alpha value is -2.12. The molecule has 0 heterocycles. The van der Waals surface area contributed by atoms with Gasteiger partial charge < -0.3 is 25.6 Å². The zero-order valence-electron chi connectivity index (χ0n) is 16.5. The molecule has 1 aromatic carbocycles. The van der Waals surface area contributed by atoms with E-state index in [0.29, 0.717) is 18.7 Å². The van der Waals surface area contributed by atoms with Crippen molar-refractivity contribution in [3.05, 3.63) is 35.4 Å². The Kier molecular flexibility index (Phi) is 11.1. The molecule has 0 bridgehead atoms. The number of hydrogen-bond acceptors (Lipinski definition) is 4. The average molecular weight is 364 g/mol. The smallest absolute Gasteiger partial charge is 0.251 e. The highest BCUT2D eigenvalue weighted by Gasteiger charge is 2.05. The number of hydrogen-bond donors (Lipinski definition) is 3. The monoisotopic (exact) mass is 363 g/mol. The number of guanidine groups is 1. The third-order valence-corrected chi connectivity index (χ3v) is 3.88. The van der Waals surface area contributed by atoms with Crippen LogP contribution in [0.1, 0.15) is 29.3 Å². The van der Waals surface area contributed by atoms with E-state index in [1.165, 1.54) is 0 Å². The maximum atomic E-state index is 11.9. The van der Waals surface area contributed by atoms with Crippen LogP contribution in [0.2, 0.25) is 0 Å². The van der Waals surface area contributed by atoms with Crippen molar-refractivity contribution < 1.29 is 9.53 Å². The van der Waals surface area contributed by atoms with Crippen molar-refractivity contribution in [2.75, 3.05) is 54.0 Å². The first-order chi connectivity index (χ1) is 12.6. The van der Waals surface area contributed by atoms with Gasteiger partial charge in [0.05, 0.1) is 0 Å². The molecule has 0 aromatic heterocycles.